The molecule has 2 saturated carbocycles. The van der Waals surface area contributed by atoms with Crippen LogP contribution in [0.3, 0.4) is 0 Å². The largest absolute Gasteiger partial charge is 0.512 e. The second kappa shape index (κ2) is 9.81. The molecule has 8 nitrogen and oxygen atoms in total. The summed E-state index contributed by atoms with van der Waals surface area (Å²) in [6, 6.07) is 0. The molecule has 0 radical (unpaired) electrons. The summed E-state index contributed by atoms with van der Waals surface area (Å²) in [5.41, 5.74) is -6.56. The van der Waals surface area contributed by atoms with Crippen LogP contribution in [0.15, 0.2) is 10.2 Å². The van der Waals surface area contributed by atoms with Crippen LogP contribution in [-0.2, 0) is 34.0 Å². The summed E-state index contributed by atoms with van der Waals surface area (Å²) in [7, 11) is -11.2. The van der Waals surface area contributed by atoms with E-state index in [2.05, 4.69) is 10.8 Å². The third-order valence-corrected chi connectivity index (χ3v) is 9.23. The summed E-state index contributed by atoms with van der Waals surface area (Å²) in [5, 5.41) is 0. The van der Waals surface area contributed by atoms with Gasteiger partial charge in [0.15, 0.2) is 0 Å². The van der Waals surface area contributed by atoms with E-state index in [1.54, 1.807) is 22.6 Å². The van der Waals surface area contributed by atoms with Gasteiger partial charge in [0.1, 0.15) is 5.60 Å². The van der Waals surface area contributed by atoms with Crippen LogP contribution >= 0.6 is 22.6 Å². The zero-order valence-electron chi connectivity index (χ0n) is 16.8. The molecule has 0 amide bonds. The van der Waals surface area contributed by atoms with Gasteiger partial charge in [-0.3, -0.25) is 4.18 Å². The number of hydrogen-bond donors (Lipinski definition) is 1. The van der Waals surface area contributed by atoms with Gasteiger partial charge in [-0.25, -0.2) is 13.2 Å². The Labute approximate surface area is 193 Å². The first-order valence-corrected chi connectivity index (χ1v) is 13.6. The van der Waals surface area contributed by atoms with Gasteiger partial charge in [-0.1, -0.05) is 23.5 Å². The van der Waals surface area contributed by atoms with Crippen LogP contribution in [0.5, 0.6) is 0 Å². The van der Waals surface area contributed by atoms with Gasteiger partial charge in [0, 0.05) is 0 Å². The monoisotopic (exact) mass is 603 g/mol. The summed E-state index contributed by atoms with van der Waals surface area (Å²) in [5.74, 6) is -0.0125. The minimum absolute atomic E-state index is 0.102. The van der Waals surface area contributed by atoms with Gasteiger partial charge >= 0.3 is 31.8 Å². The first-order chi connectivity index (χ1) is 14.1. The van der Waals surface area contributed by atoms with Crippen molar-refractivity contribution in [3.8, 4) is 0 Å². The molecule has 2 rings (SSSR count). The van der Waals surface area contributed by atoms with Crippen molar-refractivity contribution in [3.63, 3.8) is 0 Å². The molecule has 0 spiro atoms. The van der Waals surface area contributed by atoms with Gasteiger partial charge in [0.05, 0.1) is 10.2 Å². The van der Waals surface area contributed by atoms with E-state index in [4.69, 9.17) is 4.74 Å². The fraction of sp³-hybridized carbons (Fsp3) is 0.824. The van der Waals surface area contributed by atoms with Gasteiger partial charge < -0.3 is 4.74 Å². The molecule has 0 saturated heterocycles. The molecule has 1 N–H and O–H groups in total. The SMILES string of the molecule is C=C(I)C(=O)OC1(C)C(CCCOS(=O)(=O)NS(=O)(=O)C(F)(F)F)CC2CCCC1C2. The maximum Gasteiger partial charge on any atom is 0.512 e. The third-order valence-electron chi connectivity index (χ3n) is 6.01. The maximum atomic E-state index is 12.3. The second-order valence-electron chi connectivity index (χ2n) is 8.09. The second-order valence-corrected chi connectivity index (χ2v) is 12.7. The zero-order valence-corrected chi connectivity index (χ0v) is 20.6. The first kappa shape index (κ1) is 26.8. The minimum atomic E-state index is -6.09. The number of alkyl halides is 3. The molecule has 2 bridgehead atoms. The van der Waals surface area contributed by atoms with Crippen LogP contribution in [0.2, 0.25) is 0 Å². The average molecular weight is 603 g/mol. The van der Waals surface area contributed by atoms with E-state index in [0.29, 0.717) is 16.5 Å². The lowest BCUT2D eigenvalue weighted by Gasteiger charge is -2.51. The summed E-state index contributed by atoms with van der Waals surface area (Å²) in [4.78, 5) is 12.2. The molecule has 4 atom stereocenters. The quantitative estimate of drug-likeness (QED) is 0.186. The predicted molar refractivity (Wildman–Crippen MR) is 113 cm³/mol. The number of ether oxygens (including phenoxy) is 1. The number of sulfonamides is 1. The molecule has 4 unspecified atom stereocenters. The van der Waals surface area contributed by atoms with Crippen molar-refractivity contribution in [2.75, 3.05) is 6.61 Å². The number of fused-ring (bicyclic) bond motifs is 2. The normalized spacial score (nSPS) is 29.4. The summed E-state index contributed by atoms with van der Waals surface area (Å²) in [6.07, 6.45) is 5.19. The topological polar surface area (TPSA) is 116 Å². The smallest absolute Gasteiger partial charge is 0.455 e. The van der Waals surface area contributed by atoms with Gasteiger partial charge in [0.25, 0.3) is 0 Å². The fourth-order valence-electron chi connectivity index (χ4n) is 4.53. The minimum Gasteiger partial charge on any atom is -0.455 e. The lowest BCUT2D eigenvalue weighted by Crippen LogP contribution is -2.52. The molecule has 180 valence electrons. The van der Waals surface area contributed by atoms with E-state index in [0.717, 1.165) is 32.1 Å². The van der Waals surface area contributed by atoms with Gasteiger partial charge in [-0.05, 0) is 79.4 Å². The number of carbonyl (C=O) groups excluding carboxylic acids is 1. The average Bonchev–Trinajstić information content (AvgIpc) is 2.61. The number of halogens is 4. The Hall–Kier alpha value is -0.450. The highest BCUT2D eigenvalue weighted by molar-refractivity contribution is 14.1. The number of hydrogen-bond acceptors (Lipinski definition) is 7. The van der Waals surface area contributed by atoms with E-state index in [1.807, 2.05) is 6.92 Å². The summed E-state index contributed by atoms with van der Waals surface area (Å²) >= 11 is 1.78. The predicted octanol–water partition coefficient (Wildman–Crippen LogP) is 3.54. The van der Waals surface area contributed by atoms with E-state index >= 15 is 0 Å². The van der Waals surface area contributed by atoms with Crippen LogP contribution in [0.25, 0.3) is 0 Å². The highest BCUT2D eigenvalue weighted by Crippen LogP contribution is 2.51. The molecule has 0 aromatic rings. The number of esters is 1. The van der Waals surface area contributed by atoms with Crippen molar-refractivity contribution < 1.29 is 43.7 Å². The Morgan fingerprint density at radius 1 is 1.23 bits per heavy atom. The molecule has 0 aromatic heterocycles. The van der Waals surface area contributed by atoms with Crippen LogP contribution < -0.4 is 4.13 Å². The highest BCUT2D eigenvalue weighted by atomic mass is 127. The first-order valence-electron chi connectivity index (χ1n) is 9.64. The fourth-order valence-corrected chi connectivity index (χ4v) is 6.62. The van der Waals surface area contributed by atoms with Crippen molar-refractivity contribution in [1.29, 1.82) is 0 Å². The van der Waals surface area contributed by atoms with E-state index in [-0.39, 0.29) is 21.8 Å². The van der Waals surface area contributed by atoms with Crippen LogP contribution in [0.1, 0.15) is 51.9 Å². The Balaban J connectivity index is 2.00. The van der Waals surface area contributed by atoms with E-state index in [9.17, 15) is 34.8 Å². The molecule has 2 aliphatic carbocycles. The molecule has 0 aromatic carbocycles. The van der Waals surface area contributed by atoms with Crippen LogP contribution in [0.4, 0.5) is 13.2 Å². The summed E-state index contributed by atoms with van der Waals surface area (Å²) < 4.78 is 93.0. The van der Waals surface area contributed by atoms with Crippen LogP contribution in [0, 0.1) is 17.8 Å². The maximum absolute atomic E-state index is 12.3. The Morgan fingerprint density at radius 2 is 1.87 bits per heavy atom. The van der Waals surface area contributed by atoms with E-state index in [1.165, 1.54) is 0 Å². The molecule has 14 heteroatoms. The molecule has 0 heterocycles. The van der Waals surface area contributed by atoms with Gasteiger partial charge in [0.2, 0.25) is 0 Å². The Morgan fingerprint density at radius 3 is 2.45 bits per heavy atom. The van der Waals surface area contributed by atoms with Crippen molar-refractivity contribution >= 4 is 48.9 Å². The molecular weight excluding hydrogens is 578 g/mol. The number of carbonyl (C=O) groups is 1. The molecule has 0 aliphatic heterocycles. The van der Waals surface area contributed by atoms with Crippen molar-refractivity contribution in [3.05, 3.63) is 10.2 Å². The number of nitrogens with one attached hydrogen (secondary N) is 1. The zero-order chi connectivity index (χ0) is 23.7. The highest BCUT2D eigenvalue weighted by Gasteiger charge is 2.51. The van der Waals surface area contributed by atoms with Crippen molar-refractivity contribution in [2.24, 2.45) is 17.8 Å². The number of rotatable bonds is 9. The lowest BCUT2D eigenvalue weighted by atomic mass is 9.59. The van der Waals surface area contributed by atoms with Crippen molar-refractivity contribution in [1.82, 2.24) is 4.13 Å². The Bertz CT molecular complexity index is 907. The van der Waals surface area contributed by atoms with Crippen LogP contribution in [-0.4, -0.2) is 40.5 Å². The summed E-state index contributed by atoms with van der Waals surface area (Å²) in [6.45, 7) is 4.94. The molecule has 2 fully saturated rings. The van der Waals surface area contributed by atoms with Gasteiger partial charge in [-0.15, -0.1) is 0 Å². The van der Waals surface area contributed by atoms with Crippen molar-refractivity contribution in [2.45, 2.75) is 63.0 Å². The molecule has 2 aliphatic rings. The van der Waals surface area contributed by atoms with E-state index < -0.39 is 44.0 Å². The lowest BCUT2D eigenvalue weighted by molar-refractivity contribution is -0.179. The molecular formula is C17H25F3INO7S2. The Kier molecular flexibility index (Phi) is 8.48. The standard InChI is InChI=1S/C17H25F3INO7S2/c1-11(21)15(23)29-16(2)13-6-3-5-12(9-13)10-14(16)7-4-8-28-31(26,27)22-30(24,25)17(18,19)20/h12-14,22H,1,3-10H2,2H3. The molecule has 31 heavy (non-hydrogen) atoms. The third kappa shape index (κ3) is 6.77. The van der Waals surface area contributed by atoms with Gasteiger partial charge in [-0.2, -0.15) is 21.6 Å².